The van der Waals surface area contributed by atoms with Crippen molar-refractivity contribution in [2.75, 3.05) is 25.4 Å². The van der Waals surface area contributed by atoms with E-state index in [9.17, 15) is 8.42 Å². The maximum Gasteiger partial charge on any atom is 0.211 e. The molecule has 0 saturated carbocycles. The van der Waals surface area contributed by atoms with Gasteiger partial charge in [-0.2, -0.15) is 0 Å². The fourth-order valence-electron chi connectivity index (χ4n) is 2.13. The van der Waals surface area contributed by atoms with Gasteiger partial charge in [0.05, 0.1) is 5.75 Å². The molecule has 1 atom stereocenters. The zero-order valence-electron chi connectivity index (χ0n) is 10.3. The first-order chi connectivity index (χ1) is 8.66. The molecule has 1 aliphatic heterocycles. The minimum Gasteiger partial charge on any atom is -0.316 e. The molecule has 0 spiro atoms. The summed E-state index contributed by atoms with van der Waals surface area (Å²) in [6.45, 7) is 2.19. The highest BCUT2D eigenvalue weighted by molar-refractivity contribution is 7.89. The second-order valence-corrected chi connectivity index (χ2v) is 6.49. The number of nitrogens with zero attached hydrogens (tertiary/aromatic N) is 1. The lowest BCUT2D eigenvalue weighted by atomic mass is 10.2. The first-order valence-electron chi connectivity index (χ1n) is 6.23. The quantitative estimate of drug-likeness (QED) is 0.771. The molecule has 1 aromatic heterocycles. The predicted octanol–water partition coefficient (Wildman–Crippen LogP) is 0.153. The van der Waals surface area contributed by atoms with E-state index >= 15 is 0 Å². The molecule has 18 heavy (non-hydrogen) atoms. The van der Waals surface area contributed by atoms with Crippen LogP contribution in [0.3, 0.4) is 0 Å². The molecule has 0 amide bonds. The highest BCUT2D eigenvalue weighted by atomic mass is 32.2. The number of aromatic nitrogens is 1. The van der Waals surface area contributed by atoms with E-state index in [2.05, 4.69) is 15.0 Å². The number of nitrogens with one attached hydrogen (secondary N) is 2. The second kappa shape index (κ2) is 6.26. The van der Waals surface area contributed by atoms with Crippen molar-refractivity contribution in [3.63, 3.8) is 0 Å². The van der Waals surface area contributed by atoms with Gasteiger partial charge in [0.15, 0.2) is 0 Å². The van der Waals surface area contributed by atoms with Crippen LogP contribution in [0.2, 0.25) is 0 Å². The van der Waals surface area contributed by atoms with Gasteiger partial charge in [-0.1, -0.05) is 0 Å². The normalized spacial score (nSPS) is 20.1. The standard InChI is InChI=1S/C12H19N3O2S/c16-18(17,10-12-3-7-14-9-12)15-8-4-11-1-5-13-6-2-11/h1-2,5-6,12,14-15H,3-4,7-10H2. The van der Waals surface area contributed by atoms with Crippen LogP contribution in [-0.4, -0.2) is 38.8 Å². The Morgan fingerprint density at radius 2 is 2.17 bits per heavy atom. The molecule has 2 N–H and O–H groups in total. The van der Waals surface area contributed by atoms with Crippen molar-refractivity contribution in [1.82, 2.24) is 15.0 Å². The molecule has 5 nitrogen and oxygen atoms in total. The van der Waals surface area contributed by atoms with E-state index < -0.39 is 10.0 Å². The predicted molar refractivity (Wildman–Crippen MR) is 70.7 cm³/mol. The van der Waals surface area contributed by atoms with Gasteiger partial charge in [-0.25, -0.2) is 13.1 Å². The largest absolute Gasteiger partial charge is 0.316 e. The lowest BCUT2D eigenvalue weighted by Crippen LogP contribution is -2.32. The van der Waals surface area contributed by atoms with E-state index in [1.807, 2.05) is 12.1 Å². The van der Waals surface area contributed by atoms with Crippen LogP contribution >= 0.6 is 0 Å². The Labute approximate surface area is 108 Å². The molecule has 2 heterocycles. The summed E-state index contributed by atoms with van der Waals surface area (Å²) in [5.41, 5.74) is 1.09. The van der Waals surface area contributed by atoms with Crippen molar-refractivity contribution in [2.24, 2.45) is 5.92 Å². The van der Waals surface area contributed by atoms with Gasteiger partial charge in [-0.3, -0.25) is 4.98 Å². The number of hydrogen-bond donors (Lipinski definition) is 2. The monoisotopic (exact) mass is 269 g/mol. The van der Waals surface area contributed by atoms with Crippen molar-refractivity contribution < 1.29 is 8.42 Å². The summed E-state index contributed by atoms with van der Waals surface area (Å²) in [4.78, 5) is 3.93. The van der Waals surface area contributed by atoms with Crippen LogP contribution < -0.4 is 10.0 Å². The summed E-state index contributed by atoms with van der Waals surface area (Å²) in [5, 5.41) is 3.18. The van der Waals surface area contributed by atoms with Crippen LogP contribution in [0.1, 0.15) is 12.0 Å². The zero-order chi connectivity index (χ0) is 12.8. The molecular formula is C12H19N3O2S. The van der Waals surface area contributed by atoms with E-state index in [-0.39, 0.29) is 11.7 Å². The Kier molecular flexibility index (Phi) is 4.68. The van der Waals surface area contributed by atoms with Gasteiger partial charge in [0, 0.05) is 18.9 Å². The highest BCUT2D eigenvalue weighted by Crippen LogP contribution is 2.09. The SMILES string of the molecule is O=S(=O)(CC1CCNC1)NCCc1ccncc1. The third kappa shape index (κ3) is 4.36. The van der Waals surface area contributed by atoms with Gasteiger partial charge in [0.1, 0.15) is 0 Å². The van der Waals surface area contributed by atoms with Crippen LogP contribution in [0.5, 0.6) is 0 Å². The van der Waals surface area contributed by atoms with Crippen molar-refractivity contribution in [3.05, 3.63) is 30.1 Å². The molecule has 2 rings (SSSR count). The van der Waals surface area contributed by atoms with Gasteiger partial charge in [-0.05, 0) is 49.5 Å². The topological polar surface area (TPSA) is 71.1 Å². The summed E-state index contributed by atoms with van der Waals surface area (Å²) in [7, 11) is -3.14. The van der Waals surface area contributed by atoms with Crippen molar-refractivity contribution in [2.45, 2.75) is 12.8 Å². The van der Waals surface area contributed by atoms with Crippen LogP contribution in [0, 0.1) is 5.92 Å². The van der Waals surface area contributed by atoms with Gasteiger partial charge in [-0.15, -0.1) is 0 Å². The van der Waals surface area contributed by atoms with Gasteiger partial charge in [0.2, 0.25) is 10.0 Å². The van der Waals surface area contributed by atoms with Crippen molar-refractivity contribution in [3.8, 4) is 0 Å². The third-order valence-electron chi connectivity index (χ3n) is 3.10. The number of rotatable bonds is 6. The van der Waals surface area contributed by atoms with Crippen LogP contribution in [0.4, 0.5) is 0 Å². The van der Waals surface area contributed by atoms with Gasteiger partial charge in [0.25, 0.3) is 0 Å². The van der Waals surface area contributed by atoms with Crippen LogP contribution in [0.15, 0.2) is 24.5 Å². The fourth-order valence-corrected chi connectivity index (χ4v) is 3.56. The zero-order valence-corrected chi connectivity index (χ0v) is 11.1. The minimum absolute atomic E-state index is 0.232. The average Bonchev–Trinajstić information content (AvgIpc) is 2.82. The summed E-state index contributed by atoms with van der Waals surface area (Å²) in [5.74, 6) is 0.486. The molecule has 1 saturated heterocycles. The first-order valence-corrected chi connectivity index (χ1v) is 7.88. The Morgan fingerprint density at radius 3 is 2.83 bits per heavy atom. The molecule has 0 aromatic carbocycles. The number of pyridine rings is 1. The summed E-state index contributed by atoms with van der Waals surface area (Å²) >= 11 is 0. The molecule has 6 heteroatoms. The van der Waals surface area contributed by atoms with Gasteiger partial charge >= 0.3 is 0 Å². The minimum atomic E-state index is -3.14. The lowest BCUT2D eigenvalue weighted by Gasteiger charge is -2.10. The highest BCUT2D eigenvalue weighted by Gasteiger charge is 2.21. The third-order valence-corrected chi connectivity index (χ3v) is 4.66. The summed E-state index contributed by atoms with van der Waals surface area (Å²) in [6, 6.07) is 3.80. The fraction of sp³-hybridized carbons (Fsp3) is 0.583. The molecule has 1 unspecified atom stereocenters. The first kappa shape index (κ1) is 13.5. The summed E-state index contributed by atoms with van der Waals surface area (Å²) in [6.07, 6.45) is 5.08. The lowest BCUT2D eigenvalue weighted by molar-refractivity contribution is 0.558. The Bertz CT molecular complexity index is 455. The smallest absolute Gasteiger partial charge is 0.211 e. The molecule has 1 aromatic rings. The average molecular weight is 269 g/mol. The molecule has 1 aliphatic rings. The van der Waals surface area contributed by atoms with E-state index in [1.165, 1.54) is 0 Å². The van der Waals surface area contributed by atoms with Crippen molar-refractivity contribution >= 4 is 10.0 Å². The van der Waals surface area contributed by atoms with Gasteiger partial charge < -0.3 is 5.32 Å². The molecule has 0 radical (unpaired) electrons. The Morgan fingerprint density at radius 1 is 1.39 bits per heavy atom. The van der Waals surface area contributed by atoms with E-state index in [1.54, 1.807) is 12.4 Å². The number of sulfonamides is 1. The molecule has 0 aliphatic carbocycles. The molecular weight excluding hydrogens is 250 g/mol. The van der Waals surface area contributed by atoms with Crippen LogP contribution in [0.25, 0.3) is 0 Å². The van der Waals surface area contributed by atoms with Crippen LogP contribution in [-0.2, 0) is 16.4 Å². The maximum atomic E-state index is 11.8. The Balaban J connectivity index is 1.75. The Hall–Kier alpha value is -0.980. The van der Waals surface area contributed by atoms with E-state index in [0.717, 1.165) is 25.1 Å². The molecule has 0 bridgehead atoms. The summed E-state index contributed by atoms with van der Waals surface area (Å²) < 4.78 is 26.3. The maximum absolute atomic E-state index is 11.8. The van der Waals surface area contributed by atoms with E-state index in [0.29, 0.717) is 13.0 Å². The number of hydrogen-bond acceptors (Lipinski definition) is 4. The van der Waals surface area contributed by atoms with E-state index in [4.69, 9.17) is 0 Å². The molecule has 1 fully saturated rings. The second-order valence-electron chi connectivity index (χ2n) is 4.64. The van der Waals surface area contributed by atoms with Crippen molar-refractivity contribution in [1.29, 1.82) is 0 Å². The molecule has 100 valence electrons.